The third-order valence-electron chi connectivity index (χ3n) is 4.96. The van der Waals surface area contributed by atoms with Crippen LogP contribution in [0.1, 0.15) is 33.5 Å². The lowest BCUT2D eigenvalue weighted by molar-refractivity contribution is 0.0760. The molecule has 0 aliphatic carbocycles. The number of nitrogens with two attached hydrogens (primary N) is 1. The molecule has 0 aromatic heterocycles. The number of hydrogen-bond acceptors (Lipinski definition) is 4. The number of rotatable bonds is 3. The van der Waals surface area contributed by atoms with E-state index in [-0.39, 0.29) is 24.0 Å². The van der Waals surface area contributed by atoms with Crippen molar-refractivity contribution in [1.29, 1.82) is 0 Å². The molecular formula is C22H24FN3O2. The predicted octanol–water partition coefficient (Wildman–Crippen LogP) is 3.33. The molecule has 0 atom stereocenters. The Balaban J connectivity index is 1.90. The van der Waals surface area contributed by atoms with Crippen molar-refractivity contribution in [2.45, 2.75) is 20.3 Å². The van der Waals surface area contributed by atoms with Gasteiger partial charge in [0.15, 0.2) is 0 Å². The molecule has 3 N–H and O–H groups in total. The largest absolute Gasteiger partial charge is 0.507 e. The minimum absolute atomic E-state index is 0.0376. The van der Waals surface area contributed by atoms with Gasteiger partial charge in [-0.15, -0.1) is 0 Å². The van der Waals surface area contributed by atoms with Crippen LogP contribution in [-0.2, 0) is 0 Å². The Bertz CT molecular complexity index is 955. The number of carbonyl (C=O) groups excluding carboxylic acids is 1. The second kappa shape index (κ2) is 7.84. The molecule has 2 aromatic carbocycles. The van der Waals surface area contributed by atoms with Gasteiger partial charge in [0.2, 0.25) is 0 Å². The van der Waals surface area contributed by atoms with E-state index < -0.39 is 0 Å². The van der Waals surface area contributed by atoms with Crippen LogP contribution < -0.4 is 5.73 Å². The molecule has 0 saturated carbocycles. The number of phenols is 1. The quantitative estimate of drug-likeness (QED) is 0.801. The van der Waals surface area contributed by atoms with E-state index in [2.05, 4.69) is 4.99 Å². The van der Waals surface area contributed by atoms with Gasteiger partial charge in [0.1, 0.15) is 11.6 Å². The SMILES string of the molecule is CN=C(C1=C(N)CN(C(=O)c2c(C)cccc2O)CC1)c1cc(C)cc(F)c1. The molecule has 1 amide bonds. The van der Waals surface area contributed by atoms with E-state index in [0.29, 0.717) is 41.1 Å². The Morgan fingerprint density at radius 2 is 2.00 bits per heavy atom. The average molecular weight is 381 g/mol. The normalized spacial score (nSPS) is 15.1. The van der Waals surface area contributed by atoms with Crippen LogP contribution in [-0.4, -0.2) is 41.8 Å². The molecule has 146 valence electrons. The fourth-order valence-electron chi connectivity index (χ4n) is 3.63. The molecule has 2 aromatic rings. The highest BCUT2D eigenvalue weighted by Gasteiger charge is 2.27. The van der Waals surface area contributed by atoms with Crippen molar-refractivity contribution in [2.24, 2.45) is 10.7 Å². The van der Waals surface area contributed by atoms with Gasteiger partial charge < -0.3 is 15.7 Å². The zero-order valence-electron chi connectivity index (χ0n) is 16.3. The van der Waals surface area contributed by atoms with Crippen molar-refractivity contribution < 1.29 is 14.3 Å². The number of halogens is 1. The summed E-state index contributed by atoms with van der Waals surface area (Å²) in [5.41, 5.74) is 10.8. The number of aromatic hydroxyl groups is 1. The maximum absolute atomic E-state index is 13.8. The van der Waals surface area contributed by atoms with Gasteiger partial charge in [-0.2, -0.15) is 0 Å². The topological polar surface area (TPSA) is 78.9 Å². The van der Waals surface area contributed by atoms with Crippen LogP contribution >= 0.6 is 0 Å². The zero-order valence-corrected chi connectivity index (χ0v) is 16.3. The van der Waals surface area contributed by atoms with E-state index in [1.54, 1.807) is 31.0 Å². The Morgan fingerprint density at radius 1 is 1.25 bits per heavy atom. The number of nitrogens with zero attached hydrogens (tertiary/aromatic N) is 2. The summed E-state index contributed by atoms with van der Waals surface area (Å²) < 4.78 is 13.8. The van der Waals surface area contributed by atoms with Crippen molar-refractivity contribution in [3.63, 3.8) is 0 Å². The standard InChI is InChI=1S/C22H24FN3O2/c1-13-9-15(11-16(23)10-13)21(25-3)17-7-8-26(12-18(17)24)22(28)20-14(2)5-4-6-19(20)27/h4-6,9-11,27H,7-8,12,24H2,1-3H3. The van der Waals surface area contributed by atoms with Crippen LogP contribution in [0.3, 0.4) is 0 Å². The zero-order chi connectivity index (χ0) is 20.4. The van der Waals surface area contributed by atoms with Crippen LogP contribution in [0.25, 0.3) is 0 Å². The Kier molecular flexibility index (Phi) is 5.49. The van der Waals surface area contributed by atoms with Gasteiger partial charge in [0, 0.05) is 30.4 Å². The summed E-state index contributed by atoms with van der Waals surface area (Å²) in [6, 6.07) is 9.77. The maximum Gasteiger partial charge on any atom is 0.258 e. The first-order valence-corrected chi connectivity index (χ1v) is 9.12. The molecule has 0 bridgehead atoms. The predicted molar refractivity (Wildman–Crippen MR) is 108 cm³/mol. The summed E-state index contributed by atoms with van der Waals surface area (Å²) in [6.07, 6.45) is 0.506. The molecule has 0 radical (unpaired) electrons. The van der Waals surface area contributed by atoms with E-state index in [4.69, 9.17) is 5.73 Å². The van der Waals surface area contributed by atoms with E-state index in [0.717, 1.165) is 11.1 Å². The van der Waals surface area contributed by atoms with Crippen LogP contribution in [0.2, 0.25) is 0 Å². The summed E-state index contributed by atoms with van der Waals surface area (Å²) >= 11 is 0. The van der Waals surface area contributed by atoms with Crippen LogP contribution in [0.4, 0.5) is 4.39 Å². The minimum atomic E-state index is -0.321. The fourth-order valence-corrected chi connectivity index (χ4v) is 3.63. The molecule has 0 saturated heterocycles. The number of carbonyl (C=O) groups is 1. The molecule has 6 heteroatoms. The third kappa shape index (κ3) is 3.76. The summed E-state index contributed by atoms with van der Waals surface area (Å²) in [5, 5.41) is 10.1. The monoisotopic (exact) mass is 381 g/mol. The second-order valence-corrected chi connectivity index (χ2v) is 7.04. The van der Waals surface area contributed by atoms with Crippen molar-refractivity contribution in [3.8, 4) is 5.75 Å². The number of amides is 1. The summed E-state index contributed by atoms with van der Waals surface area (Å²) in [6.45, 7) is 4.29. The first-order valence-electron chi connectivity index (χ1n) is 9.12. The van der Waals surface area contributed by atoms with Gasteiger partial charge in [-0.05, 0) is 55.7 Å². The van der Waals surface area contributed by atoms with Crippen molar-refractivity contribution in [2.75, 3.05) is 20.1 Å². The molecule has 1 heterocycles. The Labute approximate surface area is 164 Å². The molecular weight excluding hydrogens is 357 g/mol. The molecule has 3 rings (SSSR count). The van der Waals surface area contributed by atoms with Crippen LogP contribution in [0.5, 0.6) is 5.75 Å². The molecule has 1 aliphatic rings. The van der Waals surface area contributed by atoms with Gasteiger partial charge >= 0.3 is 0 Å². The van der Waals surface area contributed by atoms with E-state index in [1.165, 1.54) is 18.2 Å². The number of aliphatic imine (C=N–C) groups is 1. The molecule has 0 fully saturated rings. The lowest BCUT2D eigenvalue weighted by Crippen LogP contribution is -2.40. The summed E-state index contributed by atoms with van der Waals surface area (Å²) in [5.74, 6) is -0.614. The number of benzene rings is 2. The van der Waals surface area contributed by atoms with E-state index in [1.807, 2.05) is 13.0 Å². The van der Waals surface area contributed by atoms with Gasteiger partial charge in [0.25, 0.3) is 5.91 Å². The molecule has 1 aliphatic heterocycles. The van der Waals surface area contributed by atoms with Crippen molar-refractivity contribution in [3.05, 3.63) is 75.7 Å². The van der Waals surface area contributed by atoms with Crippen molar-refractivity contribution in [1.82, 2.24) is 4.90 Å². The van der Waals surface area contributed by atoms with Gasteiger partial charge in [0.05, 0.1) is 17.8 Å². The van der Waals surface area contributed by atoms with Crippen molar-refractivity contribution >= 4 is 11.6 Å². The number of hydrogen-bond donors (Lipinski definition) is 2. The minimum Gasteiger partial charge on any atom is -0.507 e. The average Bonchev–Trinajstić information content (AvgIpc) is 2.62. The lowest BCUT2D eigenvalue weighted by atomic mass is 9.93. The van der Waals surface area contributed by atoms with Gasteiger partial charge in [-0.3, -0.25) is 9.79 Å². The lowest BCUT2D eigenvalue weighted by Gasteiger charge is -2.30. The molecule has 0 unspecified atom stereocenters. The highest BCUT2D eigenvalue weighted by Crippen LogP contribution is 2.26. The molecule has 28 heavy (non-hydrogen) atoms. The summed E-state index contributed by atoms with van der Waals surface area (Å²) in [7, 11) is 1.65. The fraction of sp³-hybridized carbons (Fsp3) is 0.273. The van der Waals surface area contributed by atoms with Crippen LogP contribution in [0, 0.1) is 19.7 Å². The maximum atomic E-state index is 13.8. The second-order valence-electron chi connectivity index (χ2n) is 7.04. The number of phenolic OH excluding ortho intramolecular Hbond substituents is 1. The first-order chi connectivity index (χ1) is 13.3. The summed E-state index contributed by atoms with van der Waals surface area (Å²) in [4.78, 5) is 18.9. The highest BCUT2D eigenvalue weighted by molar-refractivity contribution is 6.13. The highest BCUT2D eigenvalue weighted by atomic mass is 19.1. The van der Waals surface area contributed by atoms with Crippen LogP contribution in [0.15, 0.2) is 52.7 Å². The Morgan fingerprint density at radius 3 is 2.61 bits per heavy atom. The van der Waals surface area contributed by atoms with E-state index in [9.17, 15) is 14.3 Å². The third-order valence-corrected chi connectivity index (χ3v) is 4.96. The molecule has 0 spiro atoms. The smallest absolute Gasteiger partial charge is 0.258 e. The Hall–Kier alpha value is -3.15. The van der Waals surface area contributed by atoms with Gasteiger partial charge in [-0.1, -0.05) is 12.1 Å². The number of aryl methyl sites for hydroxylation is 2. The first kappa shape index (κ1) is 19.6. The van der Waals surface area contributed by atoms with Gasteiger partial charge in [-0.25, -0.2) is 4.39 Å². The van der Waals surface area contributed by atoms with E-state index >= 15 is 0 Å². The molecule has 5 nitrogen and oxygen atoms in total.